The van der Waals surface area contributed by atoms with E-state index in [2.05, 4.69) is 25.4 Å². The zero-order valence-corrected chi connectivity index (χ0v) is 16.4. The van der Waals surface area contributed by atoms with Gasteiger partial charge in [0.15, 0.2) is 11.9 Å². The van der Waals surface area contributed by atoms with Crippen molar-refractivity contribution in [3.8, 4) is 11.4 Å². The molecule has 3 heterocycles. The van der Waals surface area contributed by atoms with Crippen molar-refractivity contribution in [2.24, 2.45) is 0 Å². The summed E-state index contributed by atoms with van der Waals surface area (Å²) in [5.74, 6) is 0.411. The van der Waals surface area contributed by atoms with Crippen molar-refractivity contribution in [1.29, 1.82) is 0 Å². The van der Waals surface area contributed by atoms with Crippen molar-refractivity contribution in [3.05, 3.63) is 60.1 Å². The van der Waals surface area contributed by atoms with Crippen molar-refractivity contribution in [2.45, 2.75) is 26.4 Å². The van der Waals surface area contributed by atoms with E-state index in [9.17, 15) is 9.59 Å². The van der Waals surface area contributed by atoms with Gasteiger partial charge in [-0.1, -0.05) is 12.1 Å². The van der Waals surface area contributed by atoms with Crippen molar-refractivity contribution in [2.75, 3.05) is 5.32 Å². The van der Waals surface area contributed by atoms with Crippen LogP contribution in [0.5, 0.6) is 0 Å². The second kappa shape index (κ2) is 8.16. The van der Waals surface area contributed by atoms with Crippen LogP contribution >= 0.6 is 0 Å². The highest BCUT2D eigenvalue weighted by Gasteiger charge is 2.23. The maximum Gasteiger partial charge on any atom is 0.338 e. The van der Waals surface area contributed by atoms with E-state index < -0.39 is 18.0 Å². The summed E-state index contributed by atoms with van der Waals surface area (Å²) in [6.07, 6.45) is 2.74. The van der Waals surface area contributed by atoms with Crippen LogP contribution in [0.1, 0.15) is 29.5 Å². The molecule has 30 heavy (non-hydrogen) atoms. The van der Waals surface area contributed by atoms with Gasteiger partial charge in [-0.3, -0.25) is 9.78 Å². The Morgan fingerprint density at radius 1 is 1.27 bits per heavy atom. The quantitative estimate of drug-likeness (QED) is 0.471. The van der Waals surface area contributed by atoms with Crippen LogP contribution in [0, 0.1) is 6.92 Å². The molecule has 0 aliphatic carbocycles. The number of hydrogen-bond donors (Lipinski definition) is 2. The van der Waals surface area contributed by atoms with Gasteiger partial charge in [-0.15, -0.1) is 0 Å². The monoisotopic (exact) mass is 405 g/mol. The number of carbonyl (C=O) groups excluding carboxylic acids is 2. The number of rotatable bonds is 6. The average molecular weight is 405 g/mol. The number of aromatic nitrogens is 4. The predicted octanol–water partition coefficient (Wildman–Crippen LogP) is 3.50. The molecule has 9 nitrogen and oxygen atoms in total. The Bertz CT molecular complexity index is 1200. The predicted molar refractivity (Wildman–Crippen MR) is 109 cm³/mol. The largest absolute Gasteiger partial charge is 0.449 e. The maximum absolute atomic E-state index is 12.6. The minimum absolute atomic E-state index is 0.272. The first kappa shape index (κ1) is 19.3. The second-order valence-corrected chi connectivity index (χ2v) is 6.67. The Morgan fingerprint density at radius 3 is 2.83 bits per heavy atom. The Balaban J connectivity index is 1.49. The lowest BCUT2D eigenvalue weighted by Crippen LogP contribution is -2.32. The lowest BCUT2D eigenvalue weighted by atomic mass is 10.2. The number of fused-ring (bicyclic) bond motifs is 1. The highest BCUT2D eigenvalue weighted by atomic mass is 16.5. The van der Waals surface area contributed by atoms with Gasteiger partial charge in [0, 0.05) is 24.0 Å². The molecule has 1 aromatic carbocycles. The molecule has 2 N–H and O–H groups in total. The van der Waals surface area contributed by atoms with Crippen LogP contribution in [0.25, 0.3) is 22.4 Å². The van der Waals surface area contributed by atoms with E-state index in [4.69, 9.17) is 9.26 Å². The number of hydrogen-bond acceptors (Lipinski definition) is 7. The molecular formula is C21H19N5O4. The van der Waals surface area contributed by atoms with Crippen LogP contribution in [-0.2, 0) is 9.53 Å². The van der Waals surface area contributed by atoms with E-state index in [-0.39, 0.29) is 5.82 Å². The molecule has 1 unspecified atom stereocenters. The molecule has 3 aromatic heterocycles. The molecule has 1 atom stereocenters. The molecule has 0 bridgehead atoms. The highest BCUT2D eigenvalue weighted by molar-refractivity contribution is 5.98. The Morgan fingerprint density at radius 2 is 2.13 bits per heavy atom. The number of imidazole rings is 1. The molecule has 0 spiro atoms. The van der Waals surface area contributed by atoms with E-state index in [1.165, 1.54) is 0 Å². The number of esters is 1. The fraction of sp³-hybridized carbons (Fsp3) is 0.190. The minimum atomic E-state index is -0.960. The lowest BCUT2D eigenvalue weighted by molar-refractivity contribution is -0.124. The first-order valence-electron chi connectivity index (χ1n) is 9.39. The van der Waals surface area contributed by atoms with E-state index in [0.717, 1.165) is 5.56 Å². The van der Waals surface area contributed by atoms with Crippen LogP contribution in [0.2, 0.25) is 0 Å². The fourth-order valence-electron chi connectivity index (χ4n) is 2.93. The minimum Gasteiger partial charge on any atom is -0.449 e. The van der Waals surface area contributed by atoms with Gasteiger partial charge in [-0.25, -0.2) is 9.78 Å². The second-order valence-electron chi connectivity index (χ2n) is 6.67. The first-order chi connectivity index (χ1) is 14.5. The normalized spacial score (nSPS) is 11.9. The molecule has 0 saturated heterocycles. The smallest absolute Gasteiger partial charge is 0.338 e. The number of pyridine rings is 1. The SMILES string of the molecule is CCC(OC(=O)c1ccc2nc(-c3cccnc3)[nH]c2c1)C(=O)Nc1cc(C)on1. The molecule has 0 fully saturated rings. The van der Waals surface area contributed by atoms with Gasteiger partial charge in [-0.05, 0) is 43.7 Å². The topological polar surface area (TPSA) is 123 Å². The third-order valence-electron chi connectivity index (χ3n) is 4.44. The molecule has 152 valence electrons. The summed E-state index contributed by atoms with van der Waals surface area (Å²) < 4.78 is 10.3. The summed E-state index contributed by atoms with van der Waals surface area (Å²) in [5.41, 5.74) is 2.53. The van der Waals surface area contributed by atoms with Crippen molar-refractivity contribution < 1.29 is 18.8 Å². The Hall–Kier alpha value is -4.01. The van der Waals surface area contributed by atoms with Crippen molar-refractivity contribution in [3.63, 3.8) is 0 Å². The molecule has 0 radical (unpaired) electrons. The Kier molecular flexibility index (Phi) is 5.25. The van der Waals surface area contributed by atoms with Gasteiger partial charge in [0.2, 0.25) is 0 Å². The van der Waals surface area contributed by atoms with Gasteiger partial charge < -0.3 is 19.6 Å². The number of nitrogens with one attached hydrogen (secondary N) is 2. The van der Waals surface area contributed by atoms with Gasteiger partial charge in [0.1, 0.15) is 11.6 Å². The Labute approximate surface area is 171 Å². The molecule has 1 amide bonds. The number of anilines is 1. The van der Waals surface area contributed by atoms with Crippen LogP contribution in [-0.4, -0.2) is 38.1 Å². The van der Waals surface area contributed by atoms with E-state index in [1.54, 1.807) is 50.5 Å². The number of nitrogens with zero attached hydrogens (tertiary/aromatic N) is 3. The number of aryl methyl sites for hydroxylation is 1. The standard InChI is InChI=1S/C21H19N5O4/c1-3-17(20(27)25-18-9-12(2)30-26-18)29-21(28)13-6-7-15-16(10-13)24-19(23-15)14-5-4-8-22-11-14/h4-11,17H,3H2,1-2H3,(H,23,24)(H,25,26,27). The average Bonchev–Trinajstić information content (AvgIpc) is 3.37. The fourth-order valence-corrected chi connectivity index (χ4v) is 2.93. The maximum atomic E-state index is 12.6. The van der Waals surface area contributed by atoms with Gasteiger partial charge in [-0.2, -0.15) is 0 Å². The molecule has 0 saturated carbocycles. The number of H-pyrrole nitrogens is 1. The number of amides is 1. The van der Waals surface area contributed by atoms with Crippen molar-refractivity contribution >= 4 is 28.7 Å². The van der Waals surface area contributed by atoms with Crippen molar-refractivity contribution in [1.82, 2.24) is 20.1 Å². The summed E-state index contributed by atoms with van der Waals surface area (Å²) >= 11 is 0. The number of carbonyl (C=O) groups is 2. The molecule has 9 heteroatoms. The van der Waals surface area contributed by atoms with E-state index in [0.29, 0.717) is 34.6 Å². The van der Waals surface area contributed by atoms with Gasteiger partial charge in [0.05, 0.1) is 16.6 Å². The van der Waals surface area contributed by atoms with Crippen LogP contribution < -0.4 is 5.32 Å². The molecular weight excluding hydrogens is 386 g/mol. The van der Waals surface area contributed by atoms with Crippen LogP contribution in [0.3, 0.4) is 0 Å². The van der Waals surface area contributed by atoms with Gasteiger partial charge >= 0.3 is 5.97 Å². The third-order valence-corrected chi connectivity index (χ3v) is 4.44. The summed E-state index contributed by atoms with van der Waals surface area (Å²) in [6.45, 7) is 3.47. The number of benzene rings is 1. The zero-order chi connectivity index (χ0) is 21.1. The lowest BCUT2D eigenvalue weighted by Gasteiger charge is -2.15. The van der Waals surface area contributed by atoms with Gasteiger partial charge in [0.25, 0.3) is 5.91 Å². The molecule has 4 aromatic rings. The summed E-state index contributed by atoms with van der Waals surface area (Å²) in [7, 11) is 0. The highest BCUT2D eigenvalue weighted by Crippen LogP contribution is 2.21. The number of aromatic amines is 1. The number of ether oxygens (including phenoxy) is 1. The summed E-state index contributed by atoms with van der Waals surface area (Å²) in [5, 5.41) is 6.29. The zero-order valence-electron chi connectivity index (χ0n) is 16.4. The van der Waals surface area contributed by atoms with E-state index >= 15 is 0 Å². The first-order valence-corrected chi connectivity index (χ1v) is 9.39. The summed E-state index contributed by atoms with van der Waals surface area (Å²) in [6, 6.07) is 10.3. The molecule has 0 aliphatic rings. The van der Waals surface area contributed by atoms with E-state index in [1.807, 2.05) is 12.1 Å². The molecule has 0 aliphatic heterocycles. The van der Waals surface area contributed by atoms with Crippen LogP contribution in [0.4, 0.5) is 5.82 Å². The third kappa shape index (κ3) is 4.04. The summed E-state index contributed by atoms with van der Waals surface area (Å²) in [4.78, 5) is 36.8. The molecule has 4 rings (SSSR count). The van der Waals surface area contributed by atoms with Crippen LogP contribution in [0.15, 0.2) is 53.3 Å².